The van der Waals surface area contributed by atoms with Gasteiger partial charge >= 0.3 is 0 Å². The standard InChI is InChI=1S/C18H20ClNOS/c1-3-13(2)14-8-10-15(11-9-14)20-18(21)12-22-17-7-5-4-6-16(17)19/h4-11,13H,3,12H2,1-2H3,(H,20,21). The molecule has 0 saturated heterocycles. The summed E-state index contributed by atoms with van der Waals surface area (Å²) in [5, 5.41) is 3.59. The van der Waals surface area contributed by atoms with Crippen LogP contribution in [0.15, 0.2) is 53.4 Å². The van der Waals surface area contributed by atoms with Crippen LogP contribution in [-0.4, -0.2) is 11.7 Å². The predicted octanol–water partition coefficient (Wildman–Crippen LogP) is 5.58. The van der Waals surface area contributed by atoms with Crippen LogP contribution in [0.5, 0.6) is 0 Å². The molecule has 116 valence electrons. The molecule has 1 unspecified atom stereocenters. The number of anilines is 1. The fourth-order valence-electron chi connectivity index (χ4n) is 2.03. The minimum atomic E-state index is -0.0267. The molecule has 0 radical (unpaired) electrons. The Kier molecular flexibility index (Phi) is 6.34. The van der Waals surface area contributed by atoms with Gasteiger partial charge in [-0.1, -0.05) is 49.7 Å². The van der Waals surface area contributed by atoms with Crippen LogP contribution in [0.2, 0.25) is 5.02 Å². The molecule has 0 aliphatic heterocycles. The maximum absolute atomic E-state index is 12.0. The summed E-state index contributed by atoms with van der Waals surface area (Å²) in [5.41, 5.74) is 2.13. The van der Waals surface area contributed by atoms with Crippen LogP contribution in [0.4, 0.5) is 5.69 Å². The summed E-state index contributed by atoms with van der Waals surface area (Å²) in [7, 11) is 0. The van der Waals surface area contributed by atoms with Gasteiger partial charge in [-0.15, -0.1) is 11.8 Å². The van der Waals surface area contributed by atoms with E-state index in [1.54, 1.807) is 0 Å². The summed E-state index contributed by atoms with van der Waals surface area (Å²) in [6, 6.07) is 15.6. The lowest BCUT2D eigenvalue weighted by molar-refractivity contribution is -0.113. The van der Waals surface area contributed by atoms with E-state index in [0.29, 0.717) is 16.7 Å². The topological polar surface area (TPSA) is 29.1 Å². The number of rotatable bonds is 6. The van der Waals surface area contributed by atoms with Crippen molar-refractivity contribution in [2.45, 2.75) is 31.1 Å². The molecule has 0 aliphatic carbocycles. The highest BCUT2D eigenvalue weighted by Gasteiger charge is 2.07. The van der Waals surface area contributed by atoms with Gasteiger partial charge in [-0.2, -0.15) is 0 Å². The third kappa shape index (κ3) is 4.79. The van der Waals surface area contributed by atoms with Gasteiger partial charge in [-0.25, -0.2) is 0 Å². The van der Waals surface area contributed by atoms with Crippen LogP contribution < -0.4 is 5.32 Å². The molecule has 1 atom stereocenters. The summed E-state index contributed by atoms with van der Waals surface area (Å²) < 4.78 is 0. The van der Waals surface area contributed by atoms with Crippen molar-refractivity contribution in [1.82, 2.24) is 0 Å². The molecule has 4 heteroatoms. The number of halogens is 1. The zero-order valence-corrected chi connectivity index (χ0v) is 14.4. The summed E-state index contributed by atoms with van der Waals surface area (Å²) in [5.74, 6) is 0.860. The molecule has 0 aliphatic rings. The molecule has 2 aromatic carbocycles. The van der Waals surface area contributed by atoms with Crippen molar-refractivity contribution in [2.75, 3.05) is 11.1 Å². The van der Waals surface area contributed by atoms with Gasteiger partial charge < -0.3 is 5.32 Å². The van der Waals surface area contributed by atoms with E-state index < -0.39 is 0 Å². The molecule has 0 aromatic heterocycles. The van der Waals surface area contributed by atoms with Crippen molar-refractivity contribution in [3.05, 3.63) is 59.1 Å². The number of thioether (sulfide) groups is 1. The average molecular weight is 334 g/mol. The number of carbonyl (C=O) groups is 1. The van der Waals surface area contributed by atoms with Crippen LogP contribution in [0.1, 0.15) is 31.7 Å². The molecule has 0 heterocycles. The van der Waals surface area contributed by atoms with Gasteiger partial charge in [0, 0.05) is 10.6 Å². The van der Waals surface area contributed by atoms with Crippen molar-refractivity contribution in [3.63, 3.8) is 0 Å². The number of nitrogens with one attached hydrogen (secondary N) is 1. The van der Waals surface area contributed by atoms with E-state index >= 15 is 0 Å². The van der Waals surface area contributed by atoms with Crippen molar-refractivity contribution in [1.29, 1.82) is 0 Å². The first-order valence-electron chi connectivity index (χ1n) is 7.37. The smallest absolute Gasteiger partial charge is 0.234 e. The highest BCUT2D eigenvalue weighted by atomic mass is 35.5. The van der Waals surface area contributed by atoms with Crippen LogP contribution in [0.25, 0.3) is 0 Å². The van der Waals surface area contributed by atoms with Gasteiger partial charge in [0.1, 0.15) is 0 Å². The minimum Gasteiger partial charge on any atom is -0.325 e. The number of hydrogen-bond donors (Lipinski definition) is 1. The second-order valence-electron chi connectivity index (χ2n) is 5.20. The Morgan fingerprint density at radius 3 is 2.50 bits per heavy atom. The maximum Gasteiger partial charge on any atom is 0.234 e. The SMILES string of the molecule is CCC(C)c1ccc(NC(=O)CSc2ccccc2Cl)cc1. The Labute approximate surface area is 141 Å². The largest absolute Gasteiger partial charge is 0.325 e. The van der Waals surface area contributed by atoms with Gasteiger partial charge in [0.2, 0.25) is 5.91 Å². The monoisotopic (exact) mass is 333 g/mol. The molecule has 2 rings (SSSR count). The lowest BCUT2D eigenvalue weighted by Gasteiger charge is -2.10. The van der Waals surface area contributed by atoms with Crippen molar-refractivity contribution >= 4 is 35.0 Å². The Morgan fingerprint density at radius 1 is 1.18 bits per heavy atom. The molecule has 22 heavy (non-hydrogen) atoms. The first-order chi connectivity index (χ1) is 10.6. The number of carbonyl (C=O) groups excluding carboxylic acids is 1. The summed E-state index contributed by atoms with van der Waals surface area (Å²) in [4.78, 5) is 12.9. The van der Waals surface area contributed by atoms with Crippen LogP contribution in [0, 0.1) is 0 Å². The maximum atomic E-state index is 12.0. The Balaban J connectivity index is 1.88. The first kappa shape index (κ1) is 16.9. The van der Waals surface area contributed by atoms with Gasteiger partial charge in [-0.3, -0.25) is 4.79 Å². The van der Waals surface area contributed by atoms with E-state index in [1.807, 2.05) is 36.4 Å². The zero-order valence-electron chi connectivity index (χ0n) is 12.8. The summed E-state index contributed by atoms with van der Waals surface area (Å²) in [6.45, 7) is 4.38. The average Bonchev–Trinajstić information content (AvgIpc) is 2.54. The quantitative estimate of drug-likeness (QED) is 0.699. The van der Waals surface area contributed by atoms with E-state index in [2.05, 4.69) is 31.3 Å². The molecule has 0 fully saturated rings. The highest BCUT2D eigenvalue weighted by Crippen LogP contribution is 2.26. The zero-order chi connectivity index (χ0) is 15.9. The number of hydrogen-bond acceptors (Lipinski definition) is 2. The molecule has 0 bridgehead atoms. The Morgan fingerprint density at radius 2 is 1.86 bits per heavy atom. The van der Waals surface area contributed by atoms with E-state index in [0.717, 1.165) is 17.0 Å². The summed E-state index contributed by atoms with van der Waals surface area (Å²) >= 11 is 7.52. The van der Waals surface area contributed by atoms with Gasteiger partial charge in [0.05, 0.1) is 10.8 Å². The molecular weight excluding hydrogens is 314 g/mol. The van der Waals surface area contributed by atoms with E-state index in [-0.39, 0.29) is 5.91 Å². The third-order valence-corrected chi connectivity index (χ3v) is 5.09. The normalized spacial score (nSPS) is 12.0. The van der Waals surface area contributed by atoms with Crippen molar-refractivity contribution in [3.8, 4) is 0 Å². The molecule has 2 aromatic rings. The second kappa shape index (κ2) is 8.25. The molecule has 1 N–H and O–H groups in total. The number of amides is 1. The van der Waals surface area contributed by atoms with Crippen LogP contribution in [-0.2, 0) is 4.79 Å². The fourth-order valence-corrected chi connectivity index (χ4v) is 3.07. The number of benzene rings is 2. The van der Waals surface area contributed by atoms with E-state index in [9.17, 15) is 4.79 Å². The predicted molar refractivity (Wildman–Crippen MR) is 96.0 cm³/mol. The summed E-state index contributed by atoms with van der Waals surface area (Å²) in [6.07, 6.45) is 1.11. The molecule has 1 amide bonds. The minimum absolute atomic E-state index is 0.0267. The van der Waals surface area contributed by atoms with Crippen molar-refractivity contribution < 1.29 is 4.79 Å². The molecule has 2 nitrogen and oxygen atoms in total. The van der Waals surface area contributed by atoms with Crippen LogP contribution >= 0.6 is 23.4 Å². The first-order valence-corrected chi connectivity index (χ1v) is 8.73. The molecule has 0 saturated carbocycles. The molecule has 0 spiro atoms. The Bertz CT molecular complexity index is 627. The van der Waals surface area contributed by atoms with E-state index in [4.69, 9.17) is 11.6 Å². The van der Waals surface area contributed by atoms with Gasteiger partial charge in [0.15, 0.2) is 0 Å². The second-order valence-corrected chi connectivity index (χ2v) is 6.62. The third-order valence-electron chi connectivity index (χ3n) is 3.57. The molecular formula is C18H20ClNOS. The van der Waals surface area contributed by atoms with E-state index in [1.165, 1.54) is 17.3 Å². The lowest BCUT2D eigenvalue weighted by Crippen LogP contribution is -2.14. The van der Waals surface area contributed by atoms with Gasteiger partial charge in [0.25, 0.3) is 0 Å². The lowest BCUT2D eigenvalue weighted by atomic mass is 9.99. The van der Waals surface area contributed by atoms with Crippen LogP contribution in [0.3, 0.4) is 0 Å². The van der Waals surface area contributed by atoms with Crippen molar-refractivity contribution in [2.24, 2.45) is 0 Å². The fraction of sp³-hybridized carbons (Fsp3) is 0.278. The van der Waals surface area contributed by atoms with Gasteiger partial charge in [-0.05, 0) is 42.2 Å². The highest BCUT2D eigenvalue weighted by molar-refractivity contribution is 8.00. The Hall–Kier alpha value is -1.45.